The van der Waals surface area contributed by atoms with Gasteiger partial charge in [-0.3, -0.25) is 9.59 Å². The highest BCUT2D eigenvalue weighted by Gasteiger charge is 2.33. The summed E-state index contributed by atoms with van der Waals surface area (Å²) in [5.41, 5.74) is 4.15. The molecule has 0 fully saturated rings. The van der Waals surface area contributed by atoms with Crippen LogP contribution >= 0.6 is 11.3 Å². The van der Waals surface area contributed by atoms with Gasteiger partial charge < -0.3 is 14.5 Å². The van der Waals surface area contributed by atoms with Crippen LogP contribution < -0.4 is 4.74 Å². The van der Waals surface area contributed by atoms with Crippen molar-refractivity contribution in [1.29, 1.82) is 0 Å². The van der Waals surface area contributed by atoms with Crippen molar-refractivity contribution < 1.29 is 14.3 Å². The van der Waals surface area contributed by atoms with Gasteiger partial charge in [-0.25, -0.2) is 0 Å². The molecule has 0 spiro atoms. The number of thiophene rings is 1. The van der Waals surface area contributed by atoms with Crippen molar-refractivity contribution in [2.24, 2.45) is 5.92 Å². The van der Waals surface area contributed by atoms with Crippen LogP contribution in [0, 0.1) is 12.8 Å². The number of aryl methyl sites for hydroxylation is 1. The van der Waals surface area contributed by atoms with E-state index < -0.39 is 0 Å². The molecule has 2 amide bonds. The van der Waals surface area contributed by atoms with Gasteiger partial charge in [-0.15, -0.1) is 11.3 Å². The lowest BCUT2D eigenvalue weighted by atomic mass is 10.00. The Hall–Kier alpha value is -3.12. The zero-order valence-electron chi connectivity index (χ0n) is 23.3. The normalized spacial score (nSPS) is 15.0. The molecule has 1 atom stereocenters. The number of hydrogen-bond donors (Lipinski definition) is 0. The van der Waals surface area contributed by atoms with Crippen molar-refractivity contribution in [3.05, 3.63) is 87.1 Å². The van der Waals surface area contributed by atoms with E-state index in [1.54, 1.807) is 16.2 Å². The number of fused-ring (bicyclic) bond motifs is 1. The van der Waals surface area contributed by atoms with Crippen molar-refractivity contribution in [3.63, 3.8) is 0 Å². The first-order valence-electron chi connectivity index (χ1n) is 13.7. The molecule has 4 rings (SSSR count). The van der Waals surface area contributed by atoms with Gasteiger partial charge >= 0.3 is 0 Å². The lowest BCUT2D eigenvalue weighted by molar-refractivity contribution is -0.135. The third-order valence-corrected chi connectivity index (χ3v) is 8.25. The first kappa shape index (κ1) is 27.9. The first-order valence-corrected chi connectivity index (χ1v) is 14.5. The second-order valence-electron chi connectivity index (χ2n) is 11.0. The van der Waals surface area contributed by atoms with E-state index in [1.807, 2.05) is 48.2 Å². The van der Waals surface area contributed by atoms with Gasteiger partial charge in [0.1, 0.15) is 18.9 Å². The van der Waals surface area contributed by atoms with Crippen LogP contribution in [-0.4, -0.2) is 47.9 Å². The van der Waals surface area contributed by atoms with E-state index in [0.717, 1.165) is 29.7 Å². The number of amides is 2. The molecular weight excluding hydrogens is 492 g/mol. The van der Waals surface area contributed by atoms with Gasteiger partial charge in [-0.05, 0) is 78.4 Å². The molecule has 6 heteroatoms. The average Bonchev–Trinajstić information content (AvgIpc) is 3.39. The number of ether oxygens (including phenoxy) is 1. The minimum absolute atomic E-state index is 0.0326. The quantitative estimate of drug-likeness (QED) is 0.286. The SMILES string of the molecule is Cc1ccc(C(=O)N(CCC(C)C)CC(=O)N2CCc3sccc3[C@H]2COc2ccc(C(C)C)cc2)cc1. The van der Waals surface area contributed by atoms with Crippen molar-refractivity contribution in [1.82, 2.24) is 9.80 Å². The molecule has 0 unspecified atom stereocenters. The summed E-state index contributed by atoms with van der Waals surface area (Å²) in [5.74, 6) is 1.58. The molecule has 1 aromatic heterocycles. The molecule has 1 aliphatic heterocycles. The van der Waals surface area contributed by atoms with Crippen LogP contribution in [0.25, 0.3) is 0 Å². The Morgan fingerprint density at radius 2 is 1.74 bits per heavy atom. The second-order valence-corrected chi connectivity index (χ2v) is 12.0. The molecule has 0 aliphatic carbocycles. The molecule has 0 saturated heterocycles. The molecule has 202 valence electrons. The van der Waals surface area contributed by atoms with Gasteiger partial charge in [-0.2, -0.15) is 0 Å². The third-order valence-electron chi connectivity index (χ3n) is 7.26. The molecule has 2 heterocycles. The fraction of sp³-hybridized carbons (Fsp3) is 0.438. The average molecular weight is 533 g/mol. The minimum atomic E-state index is -0.177. The zero-order chi connectivity index (χ0) is 27.2. The molecule has 5 nitrogen and oxygen atoms in total. The Balaban J connectivity index is 1.51. The van der Waals surface area contributed by atoms with Crippen LogP contribution in [0.5, 0.6) is 5.75 Å². The largest absolute Gasteiger partial charge is 0.491 e. The number of carbonyl (C=O) groups excluding carboxylic acids is 2. The highest BCUT2D eigenvalue weighted by Crippen LogP contribution is 2.34. The van der Waals surface area contributed by atoms with Crippen LogP contribution in [0.4, 0.5) is 0 Å². The molecule has 38 heavy (non-hydrogen) atoms. The lowest BCUT2D eigenvalue weighted by Gasteiger charge is -2.37. The van der Waals surface area contributed by atoms with Gasteiger partial charge in [0.05, 0.1) is 6.04 Å². The van der Waals surface area contributed by atoms with Crippen LogP contribution in [0.1, 0.15) is 78.0 Å². The molecular formula is C32H40N2O3S. The van der Waals surface area contributed by atoms with E-state index >= 15 is 0 Å². The van der Waals surface area contributed by atoms with Crippen molar-refractivity contribution in [2.75, 3.05) is 26.2 Å². The predicted molar refractivity (Wildman–Crippen MR) is 155 cm³/mol. The fourth-order valence-corrected chi connectivity index (χ4v) is 5.73. The van der Waals surface area contributed by atoms with Crippen molar-refractivity contribution in [2.45, 2.75) is 59.4 Å². The summed E-state index contributed by atoms with van der Waals surface area (Å²) in [7, 11) is 0. The highest BCUT2D eigenvalue weighted by molar-refractivity contribution is 7.10. The Kier molecular flexibility index (Phi) is 9.26. The maximum atomic E-state index is 13.8. The van der Waals surface area contributed by atoms with Gasteiger partial charge in [-0.1, -0.05) is 57.5 Å². The van der Waals surface area contributed by atoms with Crippen molar-refractivity contribution >= 4 is 23.2 Å². The minimum Gasteiger partial charge on any atom is -0.491 e. The number of carbonyl (C=O) groups is 2. The smallest absolute Gasteiger partial charge is 0.254 e. The lowest BCUT2D eigenvalue weighted by Crippen LogP contribution is -2.48. The van der Waals surface area contributed by atoms with E-state index in [1.165, 1.54) is 10.4 Å². The Bertz CT molecular complexity index is 1210. The Morgan fingerprint density at radius 1 is 1.03 bits per heavy atom. The van der Waals surface area contributed by atoms with E-state index in [2.05, 4.69) is 51.3 Å². The first-order chi connectivity index (χ1) is 18.2. The fourth-order valence-electron chi connectivity index (χ4n) is 4.80. The van der Waals surface area contributed by atoms with Gasteiger partial charge in [0.25, 0.3) is 5.91 Å². The summed E-state index contributed by atoms with van der Waals surface area (Å²) in [6.07, 6.45) is 1.68. The molecule has 0 N–H and O–H groups in total. The summed E-state index contributed by atoms with van der Waals surface area (Å²) in [5, 5.41) is 2.10. The summed E-state index contributed by atoms with van der Waals surface area (Å²) in [6.45, 7) is 12.3. The summed E-state index contributed by atoms with van der Waals surface area (Å²) in [6, 6.07) is 17.7. The number of hydrogen-bond acceptors (Lipinski definition) is 4. The van der Waals surface area contributed by atoms with Crippen LogP contribution in [0.2, 0.25) is 0 Å². The van der Waals surface area contributed by atoms with E-state index in [9.17, 15) is 9.59 Å². The monoisotopic (exact) mass is 532 g/mol. The van der Waals surface area contributed by atoms with Crippen molar-refractivity contribution in [3.8, 4) is 5.75 Å². The molecule has 0 radical (unpaired) electrons. The van der Waals surface area contributed by atoms with E-state index in [4.69, 9.17) is 4.74 Å². The third kappa shape index (κ3) is 6.84. The maximum Gasteiger partial charge on any atom is 0.254 e. The maximum absolute atomic E-state index is 13.8. The summed E-state index contributed by atoms with van der Waals surface area (Å²) < 4.78 is 6.23. The van der Waals surface area contributed by atoms with E-state index in [0.29, 0.717) is 37.1 Å². The Labute approximate surface area is 231 Å². The Morgan fingerprint density at radius 3 is 2.39 bits per heavy atom. The van der Waals surface area contributed by atoms with Gasteiger partial charge in [0.15, 0.2) is 0 Å². The second kappa shape index (κ2) is 12.6. The zero-order valence-corrected chi connectivity index (χ0v) is 24.1. The van der Waals surface area contributed by atoms with Crippen LogP contribution in [0.15, 0.2) is 60.0 Å². The summed E-state index contributed by atoms with van der Waals surface area (Å²) >= 11 is 1.74. The van der Waals surface area contributed by atoms with Gasteiger partial charge in [0, 0.05) is 23.5 Å². The van der Waals surface area contributed by atoms with Crippen LogP contribution in [0.3, 0.4) is 0 Å². The topological polar surface area (TPSA) is 49.9 Å². The number of benzene rings is 2. The molecule has 0 bridgehead atoms. The molecule has 0 saturated carbocycles. The summed E-state index contributed by atoms with van der Waals surface area (Å²) in [4.78, 5) is 32.2. The van der Waals surface area contributed by atoms with Crippen LogP contribution in [-0.2, 0) is 11.2 Å². The molecule has 2 aromatic carbocycles. The molecule has 3 aromatic rings. The highest BCUT2D eigenvalue weighted by atomic mass is 32.1. The number of rotatable bonds is 10. The predicted octanol–water partition coefficient (Wildman–Crippen LogP) is 6.87. The number of nitrogens with zero attached hydrogens (tertiary/aromatic N) is 2. The molecule has 1 aliphatic rings. The van der Waals surface area contributed by atoms with E-state index in [-0.39, 0.29) is 24.4 Å². The van der Waals surface area contributed by atoms with Gasteiger partial charge in [0.2, 0.25) is 5.91 Å². The standard InChI is InChI=1S/C32H40N2O3S/c1-22(2)14-17-33(32(36)26-8-6-24(5)7-9-26)20-31(35)34-18-15-30-28(16-19-38-30)29(34)21-37-27-12-10-25(11-13-27)23(3)4/h6-13,16,19,22-23,29H,14-15,17-18,20-21H2,1-5H3/t29-/m1/s1.